The Balaban J connectivity index is 1.28. The van der Waals surface area contributed by atoms with Crippen LogP contribution in [0, 0.1) is 17.3 Å². The van der Waals surface area contributed by atoms with Gasteiger partial charge in [0.25, 0.3) is 0 Å². The SMILES string of the molecule is COc1ccc(C2CN(C(=O)COCc3ccccc3)CC2(C)C(C)O)cc1OC1CCC2CCCCC2C1. The zero-order chi connectivity index (χ0) is 27.4. The summed E-state index contributed by atoms with van der Waals surface area (Å²) in [5.74, 6) is 3.09. The van der Waals surface area contributed by atoms with E-state index in [1.54, 1.807) is 7.11 Å². The molecule has 3 fully saturated rings. The number of rotatable bonds is 9. The lowest BCUT2D eigenvalue weighted by molar-refractivity contribution is -0.136. The van der Waals surface area contributed by atoms with E-state index >= 15 is 0 Å². The Hall–Kier alpha value is -2.57. The standard InChI is InChI=1S/C33H45NO5/c1-23(35)33(2)22-34(32(36)21-38-20-24-9-5-4-6-10-24)19-29(33)27-14-16-30(37-3)31(18-27)39-28-15-13-25-11-7-8-12-26(25)17-28/h4-6,9-10,14,16,18,23,25-26,28-29,35H,7-8,11-13,15,17,19-22H2,1-3H3. The summed E-state index contributed by atoms with van der Waals surface area (Å²) in [6, 6.07) is 16.0. The second-order valence-corrected chi connectivity index (χ2v) is 12.3. The zero-order valence-electron chi connectivity index (χ0n) is 23.8. The molecule has 2 saturated carbocycles. The molecule has 0 spiro atoms. The molecule has 1 N–H and O–H groups in total. The second kappa shape index (κ2) is 12.3. The molecule has 1 aliphatic heterocycles. The molecule has 212 valence electrons. The van der Waals surface area contributed by atoms with E-state index in [1.165, 1.54) is 32.1 Å². The van der Waals surface area contributed by atoms with Crippen LogP contribution in [-0.2, 0) is 16.1 Å². The molecule has 0 bridgehead atoms. The number of aliphatic hydroxyl groups excluding tert-OH is 1. The van der Waals surface area contributed by atoms with Crippen molar-refractivity contribution in [1.29, 1.82) is 0 Å². The minimum atomic E-state index is -0.585. The van der Waals surface area contributed by atoms with Crippen LogP contribution in [0.2, 0.25) is 0 Å². The van der Waals surface area contributed by atoms with Gasteiger partial charge < -0.3 is 24.2 Å². The molecular weight excluding hydrogens is 490 g/mol. The van der Waals surface area contributed by atoms with Crippen LogP contribution in [0.15, 0.2) is 48.5 Å². The van der Waals surface area contributed by atoms with E-state index in [1.807, 2.05) is 48.2 Å². The molecule has 1 heterocycles. The van der Waals surface area contributed by atoms with Crippen LogP contribution in [-0.4, -0.2) is 54.9 Å². The molecule has 6 nitrogen and oxygen atoms in total. The first-order chi connectivity index (χ1) is 18.9. The number of likely N-dealkylation sites (tertiary alicyclic amines) is 1. The van der Waals surface area contributed by atoms with Crippen molar-refractivity contribution in [2.24, 2.45) is 17.3 Å². The maximum Gasteiger partial charge on any atom is 0.248 e. The van der Waals surface area contributed by atoms with Crippen molar-refractivity contribution >= 4 is 5.91 Å². The van der Waals surface area contributed by atoms with Crippen LogP contribution in [0.5, 0.6) is 11.5 Å². The largest absolute Gasteiger partial charge is 0.493 e. The lowest BCUT2D eigenvalue weighted by Crippen LogP contribution is -2.38. The molecular formula is C33H45NO5. The Morgan fingerprint density at radius 3 is 2.56 bits per heavy atom. The van der Waals surface area contributed by atoms with Crippen molar-refractivity contribution < 1.29 is 24.1 Å². The third-order valence-corrected chi connectivity index (χ3v) is 9.75. The third kappa shape index (κ3) is 6.28. The average molecular weight is 536 g/mol. The van der Waals surface area contributed by atoms with Gasteiger partial charge in [0.05, 0.1) is 25.9 Å². The smallest absolute Gasteiger partial charge is 0.248 e. The highest BCUT2D eigenvalue weighted by molar-refractivity contribution is 5.78. The number of carbonyl (C=O) groups is 1. The molecule has 39 heavy (non-hydrogen) atoms. The van der Waals surface area contributed by atoms with E-state index in [0.717, 1.165) is 47.3 Å². The van der Waals surface area contributed by atoms with Crippen molar-refractivity contribution in [3.8, 4) is 11.5 Å². The Kier molecular flexibility index (Phi) is 8.82. The summed E-state index contributed by atoms with van der Waals surface area (Å²) >= 11 is 0. The fraction of sp³-hybridized carbons (Fsp3) is 0.606. The molecule has 1 amide bonds. The number of fused-ring (bicyclic) bond motifs is 1. The van der Waals surface area contributed by atoms with E-state index < -0.39 is 11.5 Å². The van der Waals surface area contributed by atoms with Crippen LogP contribution in [0.3, 0.4) is 0 Å². The van der Waals surface area contributed by atoms with Crippen LogP contribution in [0.1, 0.15) is 75.8 Å². The summed E-state index contributed by atoms with van der Waals surface area (Å²) in [6.45, 7) is 5.36. The van der Waals surface area contributed by atoms with Crippen LogP contribution in [0.4, 0.5) is 0 Å². The minimum absolute atomic E-state index is 0.0261. The molecule has 3 aliphatic rings. The summed E-state index contributed by atoms with van der Waals surface area (Å²) in [5.41, 5.74) is 1.63. The van der Waals surface area contributed by atoms with Crippen molar-refractivity contribution in [2.45, 2.75) is 83.5 Å². The Bertz CT molecular complexity index is 1100. The van der Waals surface area contributed by atoms with Gasteiger partial charge in [-0.25, -0.2) is 0 Å². The van der Waals surface area contributed by atoms with E-state index in [-0.39, 0.29) is 24.5 Å². The summed E-state index contributed by atoms with van der Waals surface area (Å²) in [4.78, 5) is 15.0. The summed E-state index contributed by atoms with van der Waals surface area (Å²) in [6.07, 6.45) is 8.52. The number of aliphatic hydroxyl groups is 1. The number of nitrogens with zero attached hydrogens (tertiary/aromatic N) is 1. The number of methoxy groups -OCH3 is 1. The highest BCUT2D eigenvalue weighted by Crippen LogP contribution is 2.48. The fourth-order valence-corrected chi connectivity index (χ4v) is 7.16. The van der Waals surface area contributed by atoms with Gasteiger partial charge >= 0.3 is 0 Å². The molecule has 2 aromatic carbocycles. The van der Waals surface area contributed by atoms with Gasteiger partial charge in [0.15, 0.2) is 11.5 Å². The number of hydrogen-bond acceptors (Lipinski definition) is 5. The number of carbonyl (C=O) groups excluding carboxylic acids is 1. The minimum Gasteiger partial charge on any atom is -0.493 e. The van der Waals surface area contributed by atoms with Crippen molar-refractivity contribution in [3.05, 3.63) is 59.7 Å². The second-order valence-electron chi connectivity index (χ2n) is 12.3. The van der Waals surface area contributed by atoms with Gasteiger partial charge in [0.1, 0.15) is 6.61 Å². The molecule has 5 rings (SSSR count). The van der Waals surface area contributed by atoms with E-state index in [2.05, 4.69) is 19.1 Å². The molecule has 6 atom stereocenters. The number of hydrogen-bond donors (Lipinski definition) is 1. The number of amides is 1. The first-order valence-corrected chi connectivity index (χ1v) is 14.8. The average Bonchev–Trinajstić information content (AvgIpc) is 3.32. The van der Waals surface area contributed by atoms with Crippen LogP contribution in [0.25, 0.3) is 0 Å². The van der Waals surface area contributed by atoms with E-state index in [4.69, 9.17) is 14.2 Å². The molecule has 0 radical (unpaired) electrons. The first-order valence-electron chi connectivity index (χ1n) is 14.8. The molecule has 6 heteroatoms. The zero-order valence-corrected chi connectivity index (χ0v) is 23.8. The lowest BCUT2D eigenvalue weighted by atomic mass is 9.70. The molecule has 2 aliphatic carbocycles. The Morgan fingerprint density at radius 1 is 1.05 bits per heavy atom. The first kappa shape index (κ1) is 28.0. The highest BCUT2D eigenvalue weighted by atomic mass is 16.5. The predicted molar refractivity (Wildman–Crippen MR) is 152 cm³/mol. The molecule has 6 unspecified atom stereocenters. The van der Waals surface area contributed by atoms with Gasteiger partial charge in [-0.1, -0.05) is 69.0 Å². The van der Waals surface area contributed by atoms with E-state index in [0.29, 0.717) is 19.7 Å². The normalized spacial score (nSPS) is 29.5. The van der Waals surface area contributed by atoms with Gasteiger partial charge in [-0.05, 0) is 61.3 Å². The van der Waals surface area contributed by atoms with Gasteiger partial charge in [-0.2, -0.15) is 0 Å². The predicted octanol–water partition coefficient (Wildman–Crippen LogP) is 5.96. The van der Waals surface area contributed by atoms with Gasteiger partial charge in [-0.3, -0.25) is 4.79 Å². The monoisotopic (exact) mass is 535 g/mol. The maximum absolute atomic E-state index is 13.1. The molecule has 0 aromatic heterocycles. The fourth-order valence-electron chi connectivity index (χ4n) is 7.16. The van der Waals surface area contributed by atoms with Crippen molar-refractivity contribution in [1.82, 2.24) is 4.90 Å². The molecule has 2 aromatic rings. The topological polar surface area (TPSA) is 68.2 Å². The number of benzene rings is 2. The number of ether oxygens (including phenoxy) is 3. The summed E-state index contributed by atoms with van der Waals surface area (Å²) in [5, 5.41) is 10.9. The molecule has 1 saturated heterocycles. The van der Waals surface area contributed by atoms with Crippen LogP contribution < -0.4 is 9.47 Å². The van der Waals surface area contributed by atoms with Gasteiger partial charge in [0.2, 0.25) is 5.91 Å². The van der Waals surface area contributed by atoms with Gasteiger partial charge in [-0.15, -0.1) is 0 Å². The van der Waals surface area contributed by atoms with Crippen molar-refractivity contribution in [2.75, 3.05) is 26.8 Å². The Labute approximate surface area is 233 Å². The maximum atomic E-state index is 13.1. The van der Waals surface area contributed by atoms with Gasteiger partial charge in [0, 0.05) is 24.4 Å². The summed E-state index contributed by atoms with van der Waals surface area (Å²) < 4.78 is 18.1. The van der Waals surface area contributed by atoms with Crippen molar-refractivity contribution in [3.63, 3.8) is 0 Å². The quantitative estimate of drug-likeness (QED) is 0.429. The van der Waals surface area contributed by atoms with Crippen LogP contribution >= 0.6 is 0 Å². The summed E-state index contributed by atoms with van der Waals surface area (Å²) in [7, 11) is 1.69. The van der Waals surface area contributed by atoms with E-state index in [9.17, 15) is 9.90 Å². The highest BCUT2D eigenvalue weighted by Gasteiger charge is 2.48. The Morgan fingerprint density at radius 2 is 1.82 bits per heavy atom. The third-order valence-electron chi connectivity index (χ3n) is 9.75. The lowest BCUT2D eigenvalue weighted by Gasteiger charge is -2.39.